The molecule has 0 bridgehead atoms. The molecule has 6 heteroatoms. The molecule has 1 aromatic heterocycles. The van der Waals surface area contributed by atoms with E-state index in [0.29, 0.717) is 23.7 Å². The van der Waals surface area contributed by atoms with Gasteiger partial charge in [-0.15, -0.1) is 5.10 Å². The SMILES string of the molecule is CCCOc1cccc(-n2cnc(C#N)n2)c1N. The number of hydrogen-bond donors (Lipinski definition) is 1. The molecule has 1 aromatic carbocycles. The van der Waals surface area contributed by atoms with Crippen molar-refractivity contribution in [3.63, 3.8) is 0 Å². The lowest BCUT2D eigenvalue weighted by Gasteiger charge is -2.11. The Morgan fingerprint density at radius 3 is 3.00 bits per heavy atom. The molecule has 0 fully saturated rings. The highest BCUT2D eigenvalue weighted by atomic mass is 16.5. The molecule has 2 aromatic rings. The summed E-state index contributed by atoms with van der Waals surface area (Å²) in [6.07, 6.45) is 2.36. The Hall–Kier alpha value is -2.55. The fourth-order valence-electron chi connectivity index (χ4n) is 1.50. The van der Waals surface area contributed by atoms with E-state index in [-0.39, 0.29) is 5.82 Å². The van der Waals surface area contributed by atoms with E-state index < -0.39 is 0 Å². The first-order chi connectivity index (χ1) is 8.76. The van der Waals surface area contributed by atoms with Crippen LogP contribution in [0.1, 0.15) is 19.2 Å². The monoisotopic (exact) mass is 243 g/mol. The number of nitrogens with zero attached hydrogens (tertiary/aromatic N) is 4. The summed E-state index contributed by atoms with van der Waals surface area (Å²) in [6.45, 7) is 2.63. The summed E-state index contributed by atoms with van der Waals surface area (Å²) in [6, 6.07) is 7.29. The lowest BCUT2D eigenvalue weighted by atomic mass is 10.2. The zero-order valence-electron chi connectivity index (χ0n) is 10.00. The van der Waals surface area contributed by atoms with Crippen LogP contribution < -0.4 is 10.5 Å². The number of aromatic nitrogens is 3. The quantitative estimate of drug-likeness (QED) is 0.822. The van der Waals surface area contributed by atoms with Gasteiger partial charge in [-0.25, -0.2) is 9.67 Å². The van der Waals surface area contributed by atoms with Crippen LogP contribution in [0.25, 0.3) is 5.69 Å². The molecular weight excluding hydrogens is 230 g/mol. The predicted molar refractivity (Wildman–Crippen MR) is 66.3 cm³/mol. The lowest BCUT2D eigenvalue weighted by Crippen LogP contribution is -2.04. The number of ether oxygens (including phenoxy) is 1. The van der Waals surface area contributed by atoms with E-state index in [2.05, 4.69) is 10.1 Å². The normalized spacial score (nSPS) is 10.0. The standard InChI is InChI=1S/C12H13N5O/c1-2-6-18-10-5-3-4-9(12(10)14)17-8-15-11(7-13)16-17/h3-5,8H,2,6,14H2,1H3. The molecule has 92 valence electrons. The molecule has 0 aliphatic carbocycles. The molecule has 18 heavy (non-hydrogen) atoms. The summed E-state index contributed by atoms with van der Waals surface area (Å²) in [5, 5.41) is 12.7. The van der Waals surface area contributed by atoms with Crippen LogP contribution in [0.15, 0.2) is 24.5 Å². The van der Waals surface area contributed by atoms with E-state index in [0.717, 1.165) is 6.42 Å². The number of hydrogen-bond acceptors (Lipinski definition) is 5. The summed E-state index contributed by atoms with van der Waals surface area (Å²) in [7, 11) is 0. The second-order valence-electron chi connectivity index (χ2n) is 3.66. The van der Waals surface area contributed by atoms with Gasteiger partial charge in [-0.05, 0) is 18.6 Å². The molecule has 0 unspecified atom stereocenters. The first-order valence-corrected chi connectivity index (χ1v) is 5.59. The lowest BCUT2D eigenvalue weighted by molar-refractivity contribution is 0.319. The largest absolute Gasteiger partial charge is 0.491 e. The van der Waals surface area contributed by atoms with E-state index in [4.69, 9.17) is 15.7 Å². The van der Waals surface area contributed by atoms with Crippen LogP contribution in [0.4, 0.5) is 5.69 Å². The number of para-hydroxylation sites is 1. The second-order valence-corrected chi connectivity index (χ2v) is 3.66. The molecule has 2 N–H and O–H groups in total. The summed E-state index contributed by atoms with van der Waals surface area (Å²) < 4.78 is 6.99. The maximum Gasteiger partial charge on any atom is 0.252 e. The Kier molecular flexibility index (Phi) is 3.44. The van der Waals surface area contributed by atoms with E-state index >= 15 is 0 Å². The van der Waals surface area contributed by atoms with Crippen molar-refractivity contribution in [3.8, 4) is 17.5 Å². The minimum atomic E-state index is 0.106. The molecule has 0 saturated heterocycles. The highest BCUT2D eigenvalue weighted by Gasteiger charge is 2.09. The van der Waals surface area contributed by atoms with Gasteiger partial charge in [-0.3, -0.25) is 0 Å². The molecule has 0 radical (unpaired) electrons. The smallest absolute Gasteiger partial charge is 0.252 e. The van der Waals surface area contributed by atoms with Crippen molar-refractivity contribution in [2.45, 2.75) is 13.3 Å². The Bertz CT molecular complexity index is 584. The Morgan fingerprint density at radius 2 is 2.33 bits per heavy atom. The number of nitrogens with two attached hydrogens (primary N) is 1. The van der Waals surface area contributed by atoms with Crippen LogP contribution in [0.3, 0.4) is 0 Å². The van der Waals surface area contributed by atoms with Crippen molar-refractivity contribution in [3.05, 3.63) is 30.4 Å². The van der Waals surface area contributed by atoms with Crippen LogP contribution in [0.5, 0.6) is 5.75 Å². The number of anilines is 1. The molecule has 0 aliphatic heterocycles. The van der Waals surface area contributed by atoms with Crippen molar-refractivity contribution in [2.24, 2.45) is 0 Å². The first kappa shape index (κ1) is 11.9. The van der Waals surface area contributed by atoms with Gasteiger partial charge in [0.1, 0.15) is 23.8 Å². The van der Waals surface area contributed by atoms with Crippen LogP contribution in [-0.4, -0.2) is 21.4 Å². The third-order valence-corrected chi connectivity index (χ3v) is 2.34. The van der Waals surface area contributed by atoms with Gasteiger partial charge in [-0.1, -0.05) is 13.0 Å². The minimum Gasteiger partial charge on any atom is -0.491 e. The molecule has 0 amide bonds. The van der Waals surface area contributed by atoms with E-state index in [1.807, 2.05) is 19.1 Å². The third-order valence-electron chi connectivity index (χ3n) is 2.34. The molecule has 2 rings (SSSR count). The van der Waals surface area contributed by atoms with Gasteiger partial charge in [0.15, 0.2) is 0 Å². The summed E-state index contributed by atoms with van der Waals surface area (Å²) in [5.74, 6) is 0.720. The van der Waals surface area contributed by atoms with Crippen molar-refractivity contribution < 1.29 is 4.74 Å². The summed E-state index contributed by atoms with van der Waals surface area (Å²) >= 11 is 0. The first-order valence-electron chi connectivity index (χ1n) is 5.59. The Labute approximate surface area is 105 Å². The molecular formula is C12H13N5O. The highest BCUT2D eigenvalue weighted by molar-refractivity contribution is 5.66. The van der Waals surface area contributed by atoms with Crippen molar-refractivity contribution in [2.75, 3.05) is 12.3 Å². The van der Waals surface area contributed by atoms with Crippen molar-refractivity contribution in [1.29, 1.82) is 5.26 Å². The maximum absolute atomic E-state index is 8.69. The average molecular weight is 243 g/mol. The molecule has 0 saturated carbocycles. The van der Waals surface area contributed by atoms with Crippen molar-refractivity contribution in [1.82, 2.24) is 14.8 Å². The van der Waals surface area contributed by atoms with Gasteiger partial charge < -0.3 is 10.5 Å². The maximum atomic E-state index is 8.69. The Balaban J connectivity index is 2.36. The zero-order chi connectivity index (χ0) is 13.0. The van der Waals surface area contributed by atoms with Gasteiger partial charge in [0, 0.05) is 0 Å². The van der Waals surface area contributed by atoms with E-state index in [1.165, 1.54) is 11.0 Å². The summed E-state index contributed by atoms with van der Waals surface area (Å²) in [4.78, 5) is 3.84. The predicted octanol–water partition coefficient (Wildman–Crippen LogP) is 1.51. The molecule has 0 aliphatic rings. The fourth-order valence-corrected chi connectivity index (χ4v) is 1.50. The molecule has 1 heterocycles. The van der Waals surface area contributed by atoms with Crippen LogP contribution in [-0.2, 0) is 0 Å². The second kappa shape index (κ2) is 5.19. The van der Waals surface area contributed by atoms with Gasteiger partial charge >= 0.3 is 0 Å². The van der Waals surface area contributed by atoms with Gasteiger partial charge in [0.25, 0.3) is 5.82 Å². The third kappa shape index (κ3) is 2.25. The average Bonchev–Trinajstić information content (AvgIpc) is 2.86. The highest BCUT2D eigenvalue weighted by Crippen LogP contribution is 2.27. The van der Waals surface area contributed by atoms with Crippen molar-refractivity contribution >= 4 is 5.69 Å². The van der Waals surface area contributed by atoms with E-state index in [9.17, 15) is 0 Å². The van der Waals surface area contributed by atoms with Gasteiger partial charge in [-0.2, -0.15) is 5.26 Å². The minimum absolute atomic E-state index is 0.106. The van der Waals surface area contributed by atoms with E-state index in [1.54, 1.807) is 12.1 Å². The molecule has 0 spiro atoms. The number of nitriles is 1. The van der Waals surface area contributed by atoms with Gasteiger partial charge in [0.05, 0.1) is 12.3 Å². The van der Waals surface area contributed by atoms with Crippen LogP contribution >= 0.6 is 0 Å². The molecule has 6 nitrogen and oxygen atoms in total. The molecule has 0 atom stereocenters. The number of benzene rings is 1. The topological polar surface area (TPSA) is 89.8 Å². The number of nitrogen functional groups attached to an aromatic ring is 1. The summed E-state index contributed by atoms with van der Waals surface area (Å²) in [5.41, 5.74) is 7.15. The van der Waals surface area contributed by atoms with Crippen LogP contribution in [0, 0.1) is 11.3 Å². The number of rotatable bonds is 4. The van der Waals surface area contributed by atoms with Gasteiger partial charge in [0.2, 0.25) is 0 Å². The zero-order valence-corrected chi connectivity index (χ0v) is 10.00. The fraction of sp³-hybridized carbons (Fsp3) is 0.250. The van der Waals surface area contributed by atoms with Crippen LogP contribution in [0.2, 0.25) is 0 Å². The Morgan fingerprint density at radius 1 is 1.50 bits per heavy atom.